The molecule has 100 valence electrons. The minimum absolute atomic E-state index is 0.173. The van der Waals surface area contributed by atoms with Gasteiger partial charge in [-0.25, -0.2) is 4.39 Å². The van der Waals surface area contributed by atoms with Crippen molar-refractivity contribution < 1.29 is 9.18 Å². The van der Waals surface area contributed by atoms with Crippen LogP contribution >= 0.6 is 0 Å². The first-order valence-corrected chi connectivity index (χ1v) is 6.49. The Balaban J connectivity index is 2.44. The fraction of sp³-hybridized carbons (Fsp3) is 0.533. The minimum atomic E-state index is -0.264. The Kier molecular flexibility index (Phi) is 5.99. The van der Waals surface area contributed by atoms with E-state index in [-0.39, 0.29) is 11.6 Å². The van der Waals surface area contributed by atoms with Gasteiger partial charge in [0.2, 0.25) is 0 Å². The summed E-state index contributed by atoms with van der Waals surface area (Å²) in [6.45, 7) is 4.73. The molecule has 3 heteroatoms. The number of carbonyl (C=O) groups is 1. The maximum Gasteiger partial charge on any atom is 0.151 e. The molecule has 1 unspecified atom stereocenters. The van der Waals surface area contributed by atoms with E-state index in [1.807, 2.05) is 7.05 Å². The highest BCUT2D eigenvalue weighted by Crippen LogP contribution is 2.07. The van der Waals surface area contributed by atoms with Crippen LogP contribution in [0.1, 0.15) is 32.3 Å². The van der Waals surface area contributed by atoms with Crippen molar-refractivity contribution in [1.29, 1.82) is 0 Å². The van der Waals surface area contributed by atoms with Gasteiger partial charge in [0.05, 0.1) is 6.54 Å². The van der Waals surface area contributed by atoms with Gasteiger partial charge in [-0.2, -0.15) is 0 Å². The minimum Gasteiger partial charge on any atom is -0.298 e. The van der Waals surface area contributed by atoms with Crippen LogP contribution in [-0.2, 0) is 11.2 Å². The van der Waals surface area contributed by atoms with E-state index in [2.05, 4.69) is 18.7 Å². The second kappa shape index (κ2) is 7.27. The van der Waals surface area contributed by atoms with Crippen LogP contribution in [-0.4, -0.2) is 30.3 Å². The molecule has 1 atom stereocenters. The predicted octanol–water partition coefficient (Wildman–Crippen LogP) is 3.06. The number of benzene rings is 1. The highest BCUT2D eigenvalue weighted by atomic mass is 19.1. The van der Waals surface area contributed by atoms with Crippen LogP contribution < -0.4 is 0 Å². The molecule has 0 bridgehead atoms. The molecule has 0 fully saturated rings. The van der Waals surface area contributed by atoms with Crippen molar-refractivity contribution in [3.63, 3.8) is 0 Å². The van der Waals surface area contributed by atoms with Gasteiger partial charge in [0.15, 0.2) is 5.78 Å². The zero-order valence-electron chi connectivity index (χ0n) is 11.4. The zero-order valence-corrected chi connectivity index (χ0v) is 11.4. The monoisotopic (exact) mass is 251 g/mol. The summed E-state index contributed by atoms with van der Waals surface area (Å²) >= 11 is 0. The Bertz CT molecular complexity index is 375. The summed E-state index contributed by atoms with van der Waals surface area (Å²) in [6.07, 6.45) is 2.60. The standard InChI is InChI=1S/C15H22FNO/c1-4-5-12(2)17(3)11-15(18)10-13-6-8-14(16)9-7-13/h6-9,12H,4-5,10-11H2,1-3H3. The average Bonchev–Trinajstić information content (AvgIpc) is 2.32. The van der Waals surface area contributed by atoms with E-state index < -0.39 is 0 Å². The topological polar surface area (TPSA) is 20.3 Å². The fourth-order valence-corrected chi connectivity index (χ4v) is 1.96. The van der Waals surface area contributed by atoms with Crippen LogP contribution in [0, 0.1) is 5.82 Å². The van der Waals surface area contributed by atoms with E-state index >= 15 is 0 Å². The number of Topliss-reactive ketones (excluding diaryl/α,β-unsaturated/α-hetero) is 1. The molecule has 0 aliphatic carbocycles. The second-order valence-electron chi connectivity index (χ2n) is 4.89. The molecule has 0 spiro atoms. The summed E-state index contributed by atoms with van der Waals surface area (Å²) in [7, 11) is 1.98. The van der Waals surface area contributed by atoms with Crippen molar-refractivity contribution in [2.45, 2.75) is 39.2 Å². The molecule has 0 saturated carbocycles. The van der Waals surface area contributed by atoms with E-state index in [9.17, 15) is 9.18 Å². The first-order chi connectivity index (χ1) is 8.52. The van der Waals surface area contributed by atoms with Gasteiger partial charge < -0.3 is 0 Å². The number of carbonyl (C=O) groups excluding carboxylic acids is 1. The van der Waals surface area contributed by atoms with Crippen molar-refractivity contribution in [2.75, 3.05) is 13.6 Å². The van der Waals surface area contributed by atoms with E-state index in [4.69, 9.17) is 0 Å². The van der Waals surface area contributed by atoms with Crippen LogP contribution in [0.25, 0.3) is 0 Å². The normalized spacial score (nSPS) is 12.7. The largest absolute Gasteiger partial charge is 0.298 e. The lowest BCUT2D eigenvalue weighted by Crippen LogP contribution is -2.34. The summed E-state index contributed by atoms with van der Waals surface area (Å²) in [5.41, 5.74) is 0.873. The van der Waals surface area contributed by atoms with Crippen LogP contribution in [0.5, 0.6) is 0 Å². The molecule has 1 rings (SSSR count). The molecule has 1 aromatic carbocycles. The Labute approximate surface area is 109 Å². The van der Waals surface area contributed by atoms with Crippen molar-refractivity contribution in [3.05, 3.63) is 35.6 Å². The summed E-state index contributed by atoms with van der Waals surface area (Å²) in [4.78, 5) is 14.0. The Hall–Kier alpha value is -1.22. The molecule has 1 aromatic rings. The molecular formula is C15H22FNO. The van der Waals surface area contributed by atoms with Gasteiger partial charge in [0.25, 0.3) is 0 Å². The first-order valence-electron chi connectivity index (χ1n) is 6.49. The second-order valence-corrected chi connectivity index (χ2v) is 4.89. The van der Waals surface area contributed by atoms with Crippen LogP contribution in [0.4, 0.5) is 4.39 Å². The van der Waals surface area contributed by atoms with Crippen molar-refractivity contribution in [1.82, 2.24) is 4.90 Å². The lowest BCUT2D eigenvalue weighted by molar-refractivity contribution is -0.119. The molecule has 0 aliphatic heterocycles. The maximum absolute atomic E-state index is 12.7. The van der Waals surface area contributed by atoms with Gasteiger partial charge in [-0.3, -0.25) is 9.69 Å². The van der Waals surface area contributed by atoms with E-state index in [0.29, 0.717) is 19.0 Å². The molecule has 0 aromatic heterocycles. The zero-order chi connectivity index (χ0) is 13.5. The summed E-state index contributed by atoms with van der Waals surface area (Å²) in [6, 6.07) is 6.55. The third-order valence-corrected chi connectivity index (χ3v) is 3.20. The number of rotatable bonds is 7. The van der Waals surface area contributed by atoms with E-state index in [1.165, 1.54) is 12.1 Å². The first kappa shape index (κ1) is 14.8. The van der Waals surface area contributed by atoms with E-state index in [1.54, 1.807) is 12.1 Å². The summed E-state index contributed by atoms with van der Waals surface area (Å²) in [5.74, 6) is -0.0908. The maximum atomic E-state index is 12.7. The molecule has 0 N–H and O–H groups in total. The van der Waals surface area contributed by atoms with Gasteiger partial charge in [-0.1, -0.05) is 25.5 Å². The lowest BCUT2D eigenvalue weighted by Gasteiger charge is -2.23. The predicted molar refractivity (Wildman–Crippen MR) is 72.1 cm³/mol. The quantitative estimate of drug-likeness (QED) is 0.742. The third-order valence-electron chi connectivity index (χ3n) is 3.20. The fourth-order valence-electron chi connectivity index (χ4n) is 1.96. The van der Waals surface area contributed by atoms with Gasteiger partial charge in [-0.15, -0.1) is 0 Å². The number of likely N-dealkylation sites (N-methyl/N-ethyl adjacent to an activating group) is 1. The average molecular weight is 251 g/mol. The number of hydrogen-bond acceptors (Lipinski definition) is 2. The molecular weight excluding hydrogens is 229 g/mol. The molecule has 2 nitrogen and oxygen atoms in total. The van der Waals surface area contributed by atoms with Gasteiger partial charge >= 0.3 is 0 Å². The van der Waals surface area contributed by atoms with Gasteiger partial charge in [0, 0.05) is 12.5 Å². The molecule has 0 heterocycles. The highest BCUT2D eigenvalue weighted by Gasteiger charge is 2.12. The molecule has 0 radical (unpaired) electrons. The SMILES string of the molecule is CCCC(C)N(C)CC(=O)Cc1ccc(F)cc1. The number of nitrogens with zero attached hydrogens (tertiary/aromatic N) is 1. The van der Waals surface area contributed by atoms with Crippen molar-refractivity contribution in [2.24, 2.45) is 0 Å². The lowest BCUT2D eigenvalue weighted by atomic mass is 10.1. The Morgan fingerprint density at radius 2 is 1.94 bits per heavy atom. The summed E-state index contributed by atoms with van der Waals surface area (Å²) < 4.78 is 12.7. The van der Waals surface area contributed by atoms with Crippen LogP contribution in [0.15, 0.2) is 24.3 Å². The molecule has 18 heavy (non-hydrogen) atoms. The van der Waals surface area contributed by atoms with Gasteiger partial charge in [-0.05, 0) is 38.1 Å². The van der Waals surface area contributed by atoms with Gasteiger partial charge in [0.1, 0.15) is 5.82 Å². The third kappa shape index (κ3) is 4.96. The van der Waals surface area contributed by atoms with Crippen LogP contribution in [0.2, 0.25) is 0 Å². The Morgan fingerprint density at radius 1 is 1.33 bits per heavy atom. The molecule has 0 amide bonds. The molecule has 0 saturated heterocycles. The number of ketones is 1. The summed E-state index contributed by atoms with van der Waals surface area (Å²) in [5, 5.41) is 0. The molecule has 0 aliphatic rings. The highest BCUT2D eigenvalue weighted by molar-refractivity contribution is 5.82. The van der Waals surface area contributed by atoms with Crippen molar-refractivity contribution >= 4 is 5.78 Å². The number of halogens is 1. The Morgan fingerprint density at radius 3 is 2.50 bits per heavy atom. The number of hydrogen-bond donors (Lipinski definition) is 0. The smallest absolute Gasteiger partial charge is 0.151 e. The van der Waals surface area contributed by atoms with Crippen molar-refractivity contribution in [3.8, 4) is 0 Å². The van der Waals surface area contributed by atoms with Crippen LogP contribution in [0.3, 0.4) is 0 Å². The van der Waals surface area contributed by atoms with E-state index in [0.717, 1.165) is 18.4 Å².